The SMILES string of the molecule is O=S(=O)(NCC1CCN(CCCc2noc3cc(F)ccc23)C1)c1csc2ccccc12. The van der Waals surface area contributed by atoms with Crippen LogP contribution in [-0.4, -0.2) is 44.7 Å². The fraction of sp³-hybridized carbons (Fsp3) is 0.348. The summed E-state index contributed by atoms with van der Waals surface area (Å²) in [5.41, 5.74) is 1.33. The molecule has 1 aliphatic rings. The number of thiophene rings is 1. The molecule has 1 N–H and O–H groups in total. The number of halogens is 1. The Kier molecular flexibility index (Phi) is 5.98. The molecule has 0 spiro atoms. The highest BCUT2D eigenvalue weighted by molar-refractivity contribution is 7.90. The number of aromatic nitrogens is 1. The van der Waals surface area contributed by atoms with Crippen LogP contribution in [0.15, 0.2) is 57.3 Å². The summed E-state index contributed by atoms with van der Waals surface area (Å²) in [6.07, 6.45) is 2.65. The summed E-state index contributed by atoms with van der Waals surface area (Å²) >= 11 is 1.45. The summed E-state index contributed by atoms with van der Waals surface area (Å²) in [6.45, 7) is 3.19. The summed E-state index contributed by atoms with van der Waals surface area (Å²) in [5, 5.41) is 7.44. The molecule has 0 radical (unpaired) electrons. The van der Waals surface area contributed by atoms with Crippen molar-refractivity contribution in [1.82, 2.24) is 14.8 Å². The predicted molar refractivity (Wildman–Crippen MR) is 124 cm³/mol. The van der Waals surface area contributed by atoms with Crippen LogP contribution in [0, 0.1) is 11.7 Å². The number of aryl methyl sites for hydroxylation is 1. The van der Waals surface area contributed by atoms with E-state index in [2.05, 4.69) is 14.8 Å². The smallest absolute Gasteiger partial charge is 0.242 e. The van der Waals surface area contributed by atoms with Gasteiger partial charge in [-0.25, -0.2) is 17.5 Å². The highest BCUT2D eigenvalue weighted by Crippen LogP contribution is 2.29. The van der Waals surface area contributed by atoms with Gasteiger partial charge in [0, 0.05) is 40.0 Å². The van der Waals surface area contributed by atoms with Crippen molar-refractivity contribution in [2.45, 2.75) is 24.2 Å². The summed E-state index contributed by atoms with van der Waals surface area (Å²) in [7, 11) is -3.52. The van der Waals surface area contributed by atoms with Gasteiger partial charge in [0.05, 0.1) is 5.69 Å². The van der Waals surface area contributed by atoms with E-state index in [0.717, 1.165) is 60.1 Å². The van der Waals surface area contributed by atoms with E-state index in [4.69, 9.17) is 4.52 Å². The topological polar surface area (TPSA) is 75.4 Å². The van der Waals surface area contributed by atoms with E-state index < -0.39 is 10.0 Å². The van der Waals surface area contributed by atoms with Gasteiger partial charge in [-0.1, -0.05) is 23.4 Å². The van der Waals surface area contributed by atoms with Crippen LogP contribution in [0.2, 0.25) is 0 Å². The maximum Gasteiger partial charge on any atom is 0.242 e. The third kappa shape index (κ3) is 4.43. The number of fused-ring (bicyclic) bond motifs is 2. The largest absolute Gasteiger partial charge is 0.356 e. The number of benzene rings is 2. The molecule has 6 nitrogen and oxygen atoms in total. The number of sulfonamides is 1. The fourth-order valence-corrected chi connectivity index (χ4v) is 6.98. The highest BCUT2D eigenvalue weighted by Gasteiger charge is 2.25. The maximum atomic E-state index is 13.3. The second kappa shape index (κ2) is 8.90. The van der Waals surface area contributed by atoms with Gasteiger partial charge in [-0.2, -0.15) is 0 Å². The van der Waals surface area contributed by atoms with Crippen LogP contribution in [-0.2, 0) is 16.4 Å². The van der Waals surface area contributed by atoms with Crippen LogP contribution in [0.3, 0.4) is 0 Å². The number of hydrogen-bond donors (Lipinski definition) is 1. The van der Waals surface area contributed by atoms with Gasteiger partial charge in [-0.05, 0) is 56.5 Å². The minimum Gasteiger partial charge on any atom is -0.356 e. The van der Waals surface area contributed by atoms with Gasteiger partial charge in [0.15, 0.2) is 5.58 Å². The lowest BCUT2D eigenvalue weighted by Crippen LogP contribution is -2.31. The molecule has 3 heterocycles. The molecule has 1 atom stereocenters. The molecular formula is C23H24FN3O3S2. The van der Waals surface area contributed by atoms with Crippen molar-refractivity contribution in [3.8, 4) is 0 Å². The number of nitrogens with zero attached hydrogens (tertiary/aromatic N) is 2. The van der Waals surface area contributed by atoms with Gasteiger partial charge >= 0.3 is 0 Å². The first-order valence-corrected chi connectivity index (χ1v) is 13.1. The minimum atomic E-state index is -3.52. The van der Waals surface area contributed by atoms with E-state index in [-0.39, 0.29) is 5.82 Å². The zero-order chi connectivity index (χ0) is 22.1. The van der Waals surface area contributed by atoms with Crippen molar-refractivity contribution >= 4 is 42.4 Å². The maximum absolute atomic E-state index is 13.3. The Morgan fingerprint density at radius 1 is 1.22 bits per heavy atom. The number of nitrogens with one attached hydrogen (secondary N) is 1. The Morgan fingerprint density at radius 3 is 3.00 bits per heavy atom. The van der Waals surface area contributed by atoms with Gasteiger partial charge in [-0.15, -0.1) is 11.3 Å². The molecule has 9 heteroatoms. The van der Waals surface area contributed by atoms with E-state index in [9.17, 15) is 12.8 Å². The first kappa shape index (κ1) is 21.5. The molecule has 0 saturated carbocycles. The Labute approximate surface area is 190 Å². The van der Waals surface area contributed by atoms with Crippen LogP contribution >= 0.6 is 11.3 Å². The molecule has 168 valence electrons. The minimum absolute atomic E-state index is 0.297. The molecule has 0 amide bonds. The first-order valence-electron chi connectivity index (χ1n) is 10.7. The molecule has 5 rings (SSSR count). The van der Waals surface area contributed by atoms with Crippen LogP contribution < -0.4 is 4.72 Å². The van der Waals surface area contributed by atoms with Crippen molar-refractivity contribution in [2.24, 2.45) is 5.92 Å². The van der Waals surface area contributed by atoms with Crippen LogP contribution in [0.1, 0.15) is 18.5 Å². The first-order chi connectivity index (χ1) is 15.5. The molecular weight excluding hydrogens is 449 g/mol. The van der Waals surface area contributed by atoms with Crippen LogP contribution in [0.4, 0.5) is 4.39 Å². The normalized spacial score (nSPS) is 17.6. The Bertz CT molecular complexity index is 1350. The molecule has 1 aliphatic heterocycles. The lowest BCUT2D eigenvalue weighted by Gasteiger charge is -2.16. The molecule has 1 unspecified atom stereocenters. The Morgan fingerprint density at radius 2 is 2.09 bits per heavy atom. The highest BCUT2D eigenvalue weighted by atomic mass is 32.2. The monoisotopic (exact) mass is 473 g/mol. The Hall–Kier alpha value is -2.33. The lowest BCUT2D eigenvalue weighted by atomic mass is 10.1. The third-order valence-corrected chi connectivity index (χ3v) is 8.64. The second-order valence-corrected chi connectivity index (χ2v) is 10.9. The van der Waals surface area contributed by atoms with Gasteiger partial charge in [0.25, 0.3) is 0 Å². The summed E-state index contributed by atoms with van der Waals surface area (Å²) in [6, 6.07) is 12.1. The summed E-state index contributed by atoms with van der Waals surface area (Å²) < 4.78 is 47.9. The summed E-state index contributed by atoms with van der Waals surface area (Å²) in [5.74, 6) is -0.0309. The predicted octanol–water partition coefficient (Wildman–Crippen LogP) is 4.41. The van der Waals surface area contributed by atoms with E-state index in [1.165, 1.54) is 23.5 Å². The van der Waals surface area contributed by atoms with Crippen molar-refractivity contribution in [2.75, 3.05) is 26.2 Å². The van der Waals surface area contributed by atoms with E-state index in [0.29, 0.717) is 22.9 Å². The van der Waals surface area contributed by atoms with Crippen molar-refractivity contribution in [3.63, 3.8) is 0 Å². The molecule has 1 saturated heterocycles. The molecule has 32 heavy (non-hydrogen) atoms. The molecule has 0 bridgehead atoms. The average Bonchev–Trinajstić information content (AvgIpc) is 3.51. The molecule has 2 aromatic heterocycles. The van der Waals surface area contributed by atoms with Crippen LogP contribution in [0.5, 0.6) is 0 Å². The zero-order valence-electron chi connectivity index (χ0n) is 17.5. The van der Waals surface area contributed by atoms with E-state index >= 15 is 0 Å². The quantitative estimate of drug-likeness (QED) is 0.410. The van der Waals surface area contributed by atoms with Crippen LogP contribution in [0.25, 0.3) is 21.1 Å². The molecule has 1 fully saturated rings. The van der Waals surface area contributed by atoms with Gasteiger partial charge < -0.3 is 9.42 Å². The van der Waals surface area contributed by atoms with Gasteiger partial charge in [0.1, 0.15) is 10.7 Å². The summed E-state index contributed by atoms with van der Waals surface area (Å²) in [4.78, 5) is 2.73. The van der Waals surface area contributed by atoms with Crippen molar-refractivity contribution in [3.05, 3.63) is 59.4 Å². The van der Waals surface area contributed by atoms with E-state index in [1.54, 1.807) is 11.4 Å². The second-order valence-electron chi connectivity index (χ2n) is 8.28. The molecule has 2 aromatic carbocycles. The van der Waals surface area contributed by atoms with Crippen molar-refractivity contribution in [1.29, 1.82) is 0 Å². The van der Waals surface area contributed by atoms with Gasteiger partial charge in [-0.3, -0.25) is 0 Å². The molecule has 0 aliphatic carbocycles. The van der Waals surface area contributed by atoms with E-state index in [1.807, 2.05) is 24.3 Å². The average molecular weight is 474 g/mol. The number of hydrogen-bond acceptors (Lipinski definition) is 6. The standard InChI is InChI=1S/C23H24FN3O3S2/c24-17-7-8-18-20(26-30-21(18)12-17)5-3-10-27-11-9-16(14-27)13-25-32(28,29)23-15-31-22-6-2-1-4-19(22)23/h1-2,4,6-8,12,15-16,25H,3,5,9-11,13-14H2. The zero-order valence-corrected chi connectivity index (χ0v) is 19.1. The number of likely N-dealkylation sites (tertiary alicyclic amines) is 1. The molecule has 4 aromatic rings. The van der Waals surface area contributed by atoms with Gasteiger partial charge in [0.2, 0.25) is 10.0 Å². The number of rotatable bonds is 8. The Balaban J connectivity index is 1.11. The van der Waals surface area contributed by atoms with Crippen molar-refractivity contribution < 1.29 is 17.3 Å². The third-order valence-electron chi connectivity index (χ3n) is 6.06. The lowest BCUT2D eigenvalue weighted by molar-refractivity contribution is 0.318. The fourth-order valence-electron chi connectivity index (χ4n) is 4.36.